The minimum absolute atomic E-state index is 0.277. The Balaban J connectivity index is 2.48. The number of rotatable bonds is 6. The van der Waals surface area contributed by atoms with Gasteiger partial charge in [0, 0.05) is 21.2 Å². The van der Waals surface area contributed by atoms with Crippen molar-refractivity contribution in [3.05, 3.63) is 41.4 Å². The Bertz CT molecular complexity index is 317. The first-order chi connectivity index (χ1) is 7.27. The molecular formula is C11H15BrN2S. The van der Waals surface area contributed by atoms with Crippen molar-refractivity contribution in [1.29, 1.82) is 0 Å². The van der Waals surface area contributed by atoms with Gasteiger partial charge in [0.2, 0.25) is 0 Å². The predicted octanol–water partition coefficient (Wildman–Crippen LogP) is 2.95. The van der Waals surface area contributed by atoms with Gasteiger partial charge in [-0.15, -0.1) is 18.3 Å². The quantitative estimate of drug-likeness (QED) is 0.366. The van der Waals surface area contributed by atoms with Crippen LogP contribution in [0.3, 0.4) is 0 Å². The van der Waals surface area contributed by atoms with Crippen molar-refractivity contribution in [1.82, 2.24) is 5.43 Å². The van der Waals surface area contributed by atoms with Crippen LogP contribution in [0.4, 0.5) is 0 Å². The highest BCUT2D eigenvalue weighted by atomic mass is 79.9. The van der Waals surface area contributed by atoms with E-state index in [4.69, 9.17) is 5.84 Å². The lowest BCUT2D eigenvalue weighted by Gasteiger charge is -2.13. The average Bonchev–Trinajstić information content (AvgIpc) is 2.26. The molecule has 15 heavy (non-hydrogen) atoms. The van der Waals surface area contributed by atoms with Crippen molar-refractivity contribution in [2.75, 3.05) is 5.75 Å². The van der Waals surface area contributed by atoms with Gasteiger partial charge in [-0.05, 0) is 34.5 Å². The van der Waals surface area contributed by atoms with Crippen LogP contribution in [0.5, 0.6) is 0 Å². The lowest BCUT2D eigenvalue weighted by molar-refractivity contribution is 0.585. The van der Waals surface area contributed by atoms with Gasteiger partial charge < -0.3 is 0 Å². The summed E-state index contributed by atoms with van der Waals surface area (Å²) in [6.07, 6.45) is 2.76. The number of halogens is 1. The van der Waals surface area contributed by atoms with Crippen LogP contribution in [0.15, 0.2) is 46.3 Å². The van der Waals surface area contributed by atoms with Gasteiger partial charge in [0.25, 0.3) is 0 Å². The van der Waals surface area contributed by atoms with Crippen LogP contribution < -0.4 is 11.3 Å². The molecular weight excluding hydrogens is 272 g/mol. The Labute approximate surface area is 103 Å². The van der Waals surface area contributed by atoms with Gasteiger partial charge in [-0.25, -0.2) is 0 Å². The molecule has 0 saturated heterocycles. The Kier molecular flexibility index (Phi) is 6.02. The number of hydrogen-bond acceptors (Lipinski definition) is 3. The Morgan fingerprint density at radius 1 is 1.53 bits per heavy atom. The highest BCUT2D eigenvalue weighted by Gasteiger charge is 2.06. The monoisotopic (exact) mass is 286 g/mol. The van der Waals surface area contributed by atoms with E-state index in [9.17, 15) is 0 Å². The van der Waals surface area contributed by atoms with Crippen molar-refractivity contribution in [3.8, 4) is 0 Å². The summed E-state index contributed by atoms with van der Waals surface area (Å²) in [4.78, 5) is 1.24. The maximum absolute atomic E-state index is 5.44. The molecule has 0 bridgehead atoms. The highest BCUT2D eigenvalue weighted by molar-refractivity contribution is 9.10. The third kappa shape index (κ3) is 4.38. The van der Waals surface area contributed by atoms with Gasteiger partial charge in [0.15, 0.2) is 0 Å². The fourth-order valence-corrected chi connectivity index (χ4v) is 2.76. The van der Waals surface area contributed by atoms with Crippen LogP contribution in [-0.2, 0) is 0 Å². The third-order valence-corrected chi connectivity index (χ3v) is 4.15. The molecule has 4 heteroatoms. The summed E-state index contributed by atoms with van der Waals surface area (Å²) in [7, 11) is 0. The fourth-order valence-electron chi connectivity index (χ4n) is 1.14. The first-order valence-corrected chi connectivity index (χ1v) is 6.50. The standard InChI is InChI=1S/C11H15BrN2S/c1-2-5-9(14-13)8-15-11-7-4-3-6-10(11)12/h2-4,6-7,9,14H,1,5,8,13H2. The van der Waals surface area contributed by atoms with Crippen LogP contribution in [0.1, 0.15) is 6.42 Å². The lowest BCUT2D eigenvalue weighted by atomic mass is 10.2. The fraction of sp³-hybridized carbons (Fsp3) is 0.273. The van der Waals surface area contributed by atoms with E-state index in [-0.39, 0.29) is 6.04 Å². The van der Waals surface area contributed by atoms with E-state index in [1.807, 2.05) is 24.3 Å². The van der Waals surface area contributed by atoms with E-state index in [1.165, 1.54) is 4.90 Å². The molecule has 0 aromatic heterocycles. The van der Waals surface area contributed by atoms with E-state index in [0.717, 1.165) is 16.6 Å². The van der Waals surface area contributed by atoms with Gasteiger partial charge in [-0.3, -0.25) is 11.3 Å². The second-order valence-electron chi connectivity index (χ2n) is 3.13. The zero-order valence-corrected chi connectivity index (χ0v) is 10.9. The molecule has 1 atom stereocenters. The van der Waals surface area contributed by atoms with E-state index in [2.05, 4.69) is 34.0 Å². The average molecular weight is 287 g/mol. The number of thioether (sulfide) groups is 1. The smallest absolute Gasteiger partial charge is 0.0338 e. The molecule has 1 rings (SSSR count). The van der Waals surface area contributed by atoms with Gasteiger partial charge in [-0.1, -0.05) is 18.2 Å². The van der Waals surface area contributed by atoms with Crippen molar-refractivity contribution in [2.24, 2.45) is 5.84 Å². The lowest BCUT2D eigenvalue weighted by Crippen LogP contribution is -2.36. The molecule has 0 amide bonds. The van der Waals surface area contributed by atoms with Crippen LogP contribution in [0.2, 0.25) is 0 Å². The van der Waals surface area contributed by atoms with E-state index in [0.29, 0.717) is 0 Å². The molecule has 1 unspecified atom stereocenters. The van der Waals surface area contributed by atoms with E-state index < -0.39 is 0 Å². The number of nitrogens with one attached hydrogen (secondary N) is 1. The van der Waals surface area contributed by atoms with Crippen LogP contribution in [-0.4, -0.2) is 11.8 Å². The molecule has 0 saturated carbocycles. The zero-order chi connectivity index (χ0) is 11.1. The summed E-state index contributed by atoms with van der Waals surface area (Å²) in [5.74, 6) is 6.37. The topological polar surface area (TPSA) is 38.0 Å². The molecule has 3 N–H and O–H groups in total. The molecule has 0 aliphatic rings. The van der Waals surface area contributed by atoms with Gasteiger partial charge in [0.05, 0.1) is 0 Å². The maximum atomic E-state index is 5.44. The summed E-state index contributed by atoms with van der Waals surface area (Å²) in [5, 5.41) is 0. The minimum atomic E-state index is 0.277. The first-order valence-electron chi connectivity index (χ1n) is 4.72. The molecule has 0 aliphatic carbocycles. The van der Waals surface area contributed by atoms with Crippen molar-refractivity contribution < 1.29 is 0 Å². The zero-order valence-electron chi connectivity index (χ0n) is 8.45. The number of hydrazine groups is 1. The number of benzene rings is 1. The molecule has 0 spiro atoms. The molecule has 2 nitrogen and oxygen atoms in total. The molecule has 0 heterocycles. The van der Waals surface area contributed by atoms with Crippen molar-refractivity contribution in [2.45, 2.75) is 17.4 Å². The Morgan fingerprint density at radius 2 is 2.27 bits per heavy atom. The maximum Gasteiger partial charge on any atom is 0.0338 e. The van der Waals surface area contributed by atoms with E-state index in [1.54, 1.807) is 11.8 Å². The predicted molar refractivity (Wildman–Crippen MR) is 70.8 cm³/mol. The normalized spacial score (nSPS) is 12.4. The highest BCUT2D eigenvalue weighted by Crippen LogP contribution is 2.27. The van der Waals surface area contributed by atoms with Gasteiger partial charge in [-0.2, -0.15) is 0 Å². The molecule has 0 aliphatic heterocycles. The number of nitrogens with two attached hydrogens (primary N) is 1. The van der Waals surface area contributed by atoms with Crippen molar-refractivity contribution >= 4 is 27.7 Å². The summed E-state index contributed by atoms with van der Waals surface area (Å²) < 4.78 is 1.13. The van der Waals surface area contributed by atoms with E-state index >= 15 is 0 Å². The second-order valence-corrected chi connectivity index (χ2v) is 5.05. The summed E-state index contributed by atoms with van der Waals surface area (Å²) in [5.41, 5.74) is 2.79. The Morgan fingerprint density at radius 3 is 2.87 bits per heavy atom. The van der Waals surface area contributed by atoms with Gasteiger partial charge >= 0.3 is 0 Å². The Hall–Kier alpha value is -0.290. The van der Waals surface area contributed by atoms with Crippen molar-refractivity contribution in [3.63, 3.8) is 0 Å². The van der Waals surface area contributed by atoms with Crippen LogP contribution in [0, 0.1) is 0 Å². The molecule has 1 aromatic rings. The molecule has 0 radical (unpaired) electrons. The molecule has 82 valence electrons. The second kappa shape index (κ2) is 7.06. The third-order valence-electron chi connectivity index (χ3n) is 1.96. The largest absolute Gasteiger partial charge is 0.271 e. The summed E-state index contributed by atoms with van der Waals surface area (Å²) in [6, 6.07) is 8.46. The van der Waals surface area contributed by atoms with Crippen LogP contribution in [0.25, 0.3) is 0 Å². The first kappa shape index (κ1) is 12.8. The van der Waals surface area contributed by atoms with Crippen LogP contribution >= 0.6 is 27.7 Å². The molecule has 0 fully saturated rings. The number of hydrogen-bond donors (Lipinski definition) is 2. The minimum Gasteiger partial charge on any atom is -0.271 e. The van der Waals surface area contributed by atoms with Gasteiger partial charge in [0.1, 0.15) is 0 Å². The summed E-state index contributed by atoms with van der Waals surface area (Å²) >= 11 is 5.30. The summed E-state index contributed by atoms with van der Waals surface area (Å²) in [6.45, 7) is 3.71. The SMILES string of the molecule is C=CCC(CSc1ccccc1Br)NN. The molecule has 1 aromatic carbocycles.